The summed E-state index contributed by atoms with van der Waals surface area (Å²) in [4.78, 5) is 10.5. The molecule has 3 N–H and O–H groups in total. The van der Waals surface area contributed by atoms with Crippen LogP contribution in [0.2, 0.25) is 0 Å². The second-order valence-corrected chi connectivity index (χ2v) is 3.47. The van der Waals surface area contributed by atoms with Gasteiger partial charge in [0.2, 0.25) is 0 Å². The first-order valence-corrected chi connectivity index (χ1v) is 4.89. The highest BCUT2D eigenvalue weighted by Crippen LogP contribution is 2.35. The van der Waals surface area contributed by atoms with Crippen LogP contribution < -0.4 is 10.5 Å². The number of alkyl halides is 2. The van der Waals surface area contributed by atoms with Gasteiger partial charge >= 0.3 is 5.97 Å². The Kier molecular flexibility index (Phi) is 4.39. The SMILES string of the molecule is COc1c(C(F)F)cccc1C(N)CC(=O)O. The van der Waals surface area contributed by atoms with Crippen LogP contribution >= 0.6 is 0 Å². The van der Waals surface area contributed by atoms with Gasteiger partial charge in [0, 0.05) is 11.6 Å². The van der Waals surface area contributed by atoms with Gasteiger partial charge in [0.15, 0.2) is 0 Å². The maximum atomic E-state index is 12.7. The minimum Gasteiger partial charge on any atom is -0.496 e. The first-order chi connectivity index (χ1) is 7.97. The lowest BCUT2D eigenvalue weighted by molar-refractivity contribution is -0.137. The molecule has 1 unspecified atom stereocenters. The fourth-order valence-electron chi connectivity index (χ4n) is 1.57. The number of carboxylic acids is 1. The predicted molar refractivity (Wildman–Crippen MR) is 57.1 cm³/mol. The normalized spacial score (nSPS) is 12.5. The zero-order chi connectivity index (χ0) is 13.0. The van der Waals surface area contributed by atoms with E-state index in [2.05, 4.69) is 0 Å². The average molecular weight is 245 g/mol. The third-order valence-corrected chi connectivity index (χ3v) is 2.31. The molecule has 0 aliphatic rings. The summed E-state index contributed by atoms with van der Waals surface area (Å²) in [6.45, 7) is 0. The zero-order valence-corrected chi connectivity index (χ0v) is 9.19. The van der Waals surface area contributed by atoms with Crippen LogP contribution in [0.4, 0.5) is 8.78 Å². The van der Waals surface area contributed by atoms with Gasteiger partial charge in [0.05, 0.1) is 19.1 Å². The van der Waals surface area contributed by atoms with E-state index in [1.54, 1.807) is 0 Å². The van der Waals surface area contributed by atoms with Crippen molar-refractivity contribution in [3.05, 3.63) is 29.3 Å². The van der Waals surface area contributed by atoms with Gasteiger partial charge in [-0.25, -0.2) is 8.78 Å². The second kappa shape index (κ2) is 5.58. The summed E-state index contributed by atoms with van der Waals surface area (Å²) in [5.74, 6) is -1.14. The van der Waals surface area contributed by atoms with E-state index < -0.39 is 18.4 Å². The lowest BCUT2D eigenvalue weighted by atomic mass is 10.0. The van der Waals surface area contributed by atoms with Gasteiger partial charge in [-0.05, 0) is 6.07 Å². The lowest BCUT2D eigenvalue weighted by Crippen LogP contribution is -2.16. The van der Waals surface area contributed by atoms with Crippen molar-refractivity contribution in [3.63, 3.8) is 0 Å². The number of halogens is 2. The predicted octanol–water partition coefficient (Wildman–Crippen LogP) is 2.11. The first kappa shape index (κ1) is 13.4. The van der Waals surface area contributed by atoms with E-state index in [-0.39, 0.29) is 23.3 Å². The van der Waals surface area contributed by atoms with Crippen LogP contribution in [0.15, 0.2) is 18.2 Å². The van der Waals surface area contributed by atoms with Crippen molar-refractivity contribution < 1.29 is 23.4 Å². The topological polar surface area (TPSA) is 72.5 Å². The Morgan fingerprint density at radius 1 is 1.47 bits per heavy atom. The van der Waals surface area contributed by atoms with Crippen LogP contribution in [-0.4, -0.2) is 18.2 Å². The van der Waals surface area contributed by atoms with E-state index in [1.165, 1.54) is 25.3 Å². The fourth-order valence-corrected chi connectivity index (χ4v) is 1.57. The summed E-state index contributed by atoms with van der Waals surface area (Å²) in [6, 6.07) is 3.24. The molecule has 0 aliphatic carbocycles. The van der Waals surface area contributed by atoms with Gasteiger partial charge in [0.1, 0.15) is 5.75 Å². The summed E-state index contributed by atoms with van der Waals surface area (Å²) < 4.78 is 30.3. The number of carbonyl (C=O) groups is 1. The van der Waals surface area contributed by atoms with Gasteiger partial charge < -0.3 is 15.6 Å². The Bertz CT molecular complexity index is 410. The molecule has 1 aromatic carbocycles. The molecule has 6 heteroatoms. The number of ether oxygens (including phenoxy) is 1. The number of nitrogens with two attached hydrogens (primary N) is 1. The molecule has 94 valence electrons. The molecule has 1 rings (SSSR count). The van der Waals surface area contributed by atoms with E-state index in [4.69, 9.17) is 15.6 Å². The maximum Gasteiger partial charge on any atom is 0.305 e. The van der Waals surface area contributed by atoms with Crippen molar-refractivity contribution in [2.24, 2.45) is 5.73 Å². The third kappa shape index (κ3) is 3.13. The molecular formula is C11H13F2NO3. The Morgan fingerprint density at radius 2 is 2.06 bits per heavy atom. The summed E-state index contributed by atoms with van der Waals surface area (Å²) in [5.41, 5.74) is 5.62. The molecule has 0 spiro atoms. The van der Waals surface area contributed by atoms with Gasteiger partial charge in [-0.1, -0.05) is 12.1 Å². The van der Waals surface area contributed by atoms with Crippen LogP contribution in [0.5, 0.6) is 5.75 Å². The molecular weight excluding hydrogens is 232 g/mol. The number of benzene rings is 1. The molecule has 17 heavy (non-hydrogen) atoms. The summed E-state index contributed by atoms with van der Waals surface area (Å²) >= 11 is 0. The van der Waals surface area contributed by atoms with E-state index in [0.717, 1.165) is 0 Å². The molecule has 0 aromatic heterocycles. The first-order valence-electron chi connectivity index (χ1n) is 4.89. The number of hydrogen-bond donors (Lipinski definition) is 2. The molecule has 1 atom stereocenters. The number of rotatable bonds is 5. The molecule has 0 heterocycles. The fraction of sp³-hybridized carbons (Fsp3) is 0.364. The van der Waals surface area contributed by atoms with E-state index in [9.17, 15) is 13.6 Å². The monoisotopic (exact) mass is 245 g/mol. The van der Waals surface area contributed by atoms with Crippen LogP contribution in [0.3, 0.4) is 0 Å². The smallest absolute Gasteiger partial charge is 0.305 e. The molecule has 1 aromatic rings. The van der Waals surface area contributed by atoms with Crippen LogP contribution in [0, 0.1) is 0 Å². The summed E-state index contributed by atoms with van der Waals surface area (Å²) in [7, 11) is 1.25. The second-order valence-electron chi connectivity index (χ2n) is 3.47. The number of hydrogen-bond acceptors (Lipinski definition) is 3. The summed E-state index contributed by atoms with van der Waals surface area (Å²) in [5, 5.41) is 8.62. The van der Waals surface area contributed by atoms with Gasteiger partial charge in [0.25, 0.3) is 6.43 Å². The summed E-state index contributed by atoms with van der Waals surface area (Å²) in [6.07, 6.45) is -3.04. The van der Waals surface area contributed by atoms with Gasteiger partial charge in [-0.3, -0.25) is 4.79 Å². The molecule has 0 aliphatic heterocycles. The van der Waals surface area contributed by atoms with Crippen molar-refractivity contribution in [2.75, 3.05) is 7.11 Å². The maximum absolute atomic E-state index is 12.7. The van der Waals surface area contributed by atoms with Gasteiger partial charge in [-0.2, -0.15) is 0 Å². The molecule has 4 nitrogen and oxygen atoms in total. The molecule has 0 bridgehead atoms. The quantitative estimate of drug-likeness (QED) is 0.833. The van der Waals surface area contributed by atoms with Crippen molar-refractivity contribution in [1.29, 1.82) is 0 Å². The minimum atomic E-state index is -2.69. The van der Waals surface area contributed by atoms with Crippen molar-refractivity contribution in [2.45, 2.75) is 18.9 Å². The van der Waals surface area contributed by atoms with Crippen molar-refractivity contribution in [1.82, 2.24) is 0 Å². The zero-order valence-electron chi connectivity index (χ0n) is 9.19. The molecule has 0 fully saturated rings. The molecule has 0 radical (unpaired) electrons. The molecule has 0 amide bonds. The molecule has 0 saturated carbocycles. The highest BCUT2D eigenvalue weighted by molar-refractivity contribution is 5.68. The van der Waals surface area contributed by atoms with Crippen LogP contribution in [-0.2, 0) is 4.79 Å². The molecule has 0 saturated heterocycles. The van der Waals surface area contributed by atoms with E-state index in [1.807, 2.05) is 0 Å². The van der Waals surface area contributed by atoms with E-state index >= 15 is 0 Å². The Morgan fingerprint density at radius 3 is 2.53 bits per heavy atom. The lowest BCUT2D eigenvalue weighted by Gasteiger charge is -2.16. The Balaban J connectivity index is 3.14. The third-order valence-electron chi connectivity index (χ3n) is 2.31. The van der Waals surface area contributed by atoms with Crippen molar-refractivity contribution in [3.8, 4) is 5.75 Å². The van der Waals surface area contributed by atoms with Crippen LogP contribution in [0.25, 0.3) is 0 Å². The Hall–Kier alpha value is -1.69. The Labute approximate surface area is 97.0 Å². The largest absolute Gasteiger partial charge is 0.496 e. The highest BCUT2D eigenvalue weighted by atomic mass is 19.3. The highest BCUT2D eigenvalue weighted by Gasteiger charge is 2.21. The number of aliphatic carboxylic acids is 1. The standard InChI is InChI=1S/C11H13F2NO3/c1-17-10-6(8(14)5-9(15)16)3-2-4-7(10)11(12)13/h2-4,8,11H,5,14H2,1H3,(H,15,16). The number of methoxy groups -OCH3 is 1. The van der Waals surface area contributed by atoms with Crippen molar-refractivity contribution >= 4 is 5.97 Å². The van der Waals surface area contributed by atoms with Gasteiger partial charge in [-0.15, -0.1) is 0 Å². The average Bonchev–Trinajstić information content (AvgIpc) is 2.26. The van der Waals surface area contributed by atoms with E-state index in [0.29, 0.717) is 0 Å². The number of carboxylic acid groups (broad SMARTS) is 1. The number of para-hydroxylation sites is 1. The van der Waals surface area contributed by atoms with Crippen LogP contribution in [0.1, 0.15) is 30.0 Å². The minimum absolute atomic E-state index is 0.0451.